The smallest absolute Gasteiger partial charge is 0.159 e. The first-order valence-electron chi connectivity index (χ1n) is 19.4. The summed E-state index contributed by atoms with van der Waals surface area (Å²) in [5.74, 6) is 2.25. The van der Waals surface area contributed by atoms with Crippen molar-refractivity contribution in [3.05, 3.63) is 12.2 Å². The predicted molar refractivity (Wildman–Crippen MR) is 183 cm³/mol. The third-order valence-corrected chi connectivity index (χ3v) is 12.3. The molecule has 46 heavy (non-hydrogen) atoms. The standard InChI is InChI=1S/C38H63BrO7/c1-2-11-27-17-18-28(24-27)32(44-36-14-5-8-21-40-36)20-19-30-31-25-29(12-3-4-13-35(39)46-38-16-7-10-23-42-38)43-34(31)26-33(30)45-37-15-6-9-22-41-37/h19-20,27-38H,2-18,21-26H2,1H3/t27?,28?,29-,30+,31+,32+,33+,34+,35?,36?,37?,38?/m0/s1. The average molecular weight is 712 g/mol. The SMILES string of the molecule is CCCC1CCC([C@@H](C=C[C@@H]2[C@H]3C[C@H](CCCCC(Br)OC4CCCCO4)O[C@@H]3C[C@H]2OC2CCCCO2)OC2CCCCO2)C1. The van der Waals surface area contributed by atoms with Crippen LogP contribution in [0.25, 0.3) is 0 Å². The summed E-state index contributed by atoms with van der Waals surface area (Å²) >= 11 is 3.73. The Labute approximate surface area is 287 Å². The molecule has 264 valence electrons. The van der Waals surface area contributed by atoms with Gasteiger partial charge in [-0.15, -0.1) is 0 Å². The fraction of sp³-hybridized carbons (Fsp3) is 0.947. The average Bonchev–Trinajstić information content (AvgIpc) is 3.78. The van der Waals surface area contributed by atoms with Gasteiger partial charge in [-0.1, -0.05) is 60.7 Å². The number of hydrogen-bond acceptors (Lipinski definition) is 7. The normalized spacial score (nSPS) is 40.0. The summed E-state index contributed by atoms with van der Waals surface area (Å²) in [6, 6.07) is 0. The van der Waals surface area contributed by atoms with Gasteiger partial charge in [0.1, 0.15) is 5.01 Å². The van der Waals surface area contributed by atoms with E-state index >= 15 is 0 Å². The molecule has 0 bridgehead atoms. The molecule has 4 aliphatic heterocycles. The van der Waals surface area contributed by atoms with E-state index in [-0.39, 0.29) is 42.2 Å². The highest BCUT2D eigenvalue weighted by Gasteiger charge is 2.49. The molecule has 0 aromatic carbocycles. The molecular weight excluding hydrogens is 648 g/mol. The van der Waals surface area contributed by atoms with Gasteiger partial charge in [-0.3, -0.25) is 0 Å². The minimum Gasteiger partial charge on any atom is -0.375 e. The van der Waals surface area contributed by atoms with Gasteiger partial charge in [0.25, 0.3) is 0 Å². The summed E-state index contributed by atoms with van der Waals surface area (Å²) in [4.78, 5) is 0. The van der Waals surface area contributed by atoms with Crippen molar-refractivity contribution in [1.29, 1.82) is 0 Å². The second kappa shape index (κ2) is 18.8. The van der Waals surface area contributed by atoms with E-state index in [1.54, 1.807) is 0 Å². The molecule has 0 amide bonds. The van der Waals surface area contributed by atoms with Crippen molar-refractivity contribution in [3.8, 4) is 0 Å². The largest absolute Gasteiger partial charge is 0.375 e. The van der Waals surface area contributed by atoms with Crippen LogP contribution in [-0.2, 0) is 33.2 Å². The second-order valence-electron chi connectivity index (χ2n) is 15.1. The fourth-order valence-electron chi connectivity index (χ4n) is 9.12. The summed E-state index contributed by atoms with van der Waals surface area (Å²) in [7, 11) is 0. The lowest BCUT2D eigenvalue weighted by atomic mass is 9.88. The van der Waals surface area contributed by atoms with Gasteiger partial charge in [-0.25, -0.2) is 0 Å². The van der Waals surface area contributed by atoms with Crippen LogP contribution in [0.1, 0.15) is 135 Å². The molecule has 8 heteroatoms. The highest BCUT2D eigenvalue weighted by Crippen LogP contribution is 2.47. The van der Waals surface area contributed by atoms with Gasteiger partial charge in [-0.2, -0.15) is 0 Å². The van der Waals surface area contributed by atoms with Gasteiger partial charge < -0.3 is 33.2 Å². The molecule has 0 spiro atoms. The Morgan fingerprint density at radius 3 is 2.17 bits per heavy atom. The van der Waals surface area contributed by atoms with Crippen LogP contribution in [0.3, 0.4) is 0 Å². The van der Waals surface area contributed by atoms with Crippen molar-refractivity contribution >= 4 is 15.9 Å². The summed E-state index contributed by atoms with van der Waals surface area (Å²) in [5, 5.41) is 0.0696. The van der Waals surface area contributed by atoms with E-state index in [0.29, 0.717) is 23.9 Å². The van der Waals surface area contributed by atoms with Crippen LogP contribution >= 0.6 is 15.9 Å². The van der Waals surface area contributed by atoms with Gasteiger partial charge in [0.05, 0.1) is 24.4 Å². The molecule has 6 rings (SSSR count). The number of rotatable bonds is 16. The van der Waals surface area contributed by atoms with Crippen LogP contribution in [0, 0.1) is 23.7 Å². The Balaban J connectivity index is 1.05. The van der Waals surface area contributed by atoms with Crippen molar-refractivity contribution in [2.75, 3.05) is 19.8 Å². The third kappa shape index (κ3) is 10.5. The van der Waals surface area contributed by atoms with Crippen molar-refractivity contribution in [2.24, 2.45) is 23.7 Å². The zero-order valence-corrected chi connectivity index (χ0v) is 30.2. The fourth-order valence-corrected chi connectivity index (χ4v) is 9.69. The molecule has 0 N–H and O–H groups in total. The lowest BCUT2D eigenvalue weighted by Gasteiger charge is -2.31. The molecule has 12 atom stereocenters. The molecule has 2 aliphatic carbocycles. The van der Waals surface area contributed by atoms with E-state index in [1.807, 2.05) is 0 Å². The van der Waals surface area contributed by atoms with E-state index in [9.17, 15) is 0 Å². The first-order chi connectivity index (χ1) is 22.6. The van der Waals surface area contributed by atoms with Crippen LogP contribution in [0.5, 0.6) is 0 Å². The Hall–Kier alpha value is -0.0600. The molecule has 2 saturated carbocycles. The lowest BCUT2D eigenvalue weighted by Crippen LogP contribution is -2.32. The van der Waals surface area contributed by atoms with Crippen LogP contribution in [0.15, 0.2) is 12.2 Å². The molecular formula is C38H63BrO7. The van der Waals surface area contributed by atoms with E-state index in [2.05, 4.69) is 35.0 Å². The van der Waals surface area contributed by atoms with Gasteiger partial charge in [0.2, 0.25) is 0 Å². The Morgan fingerprint density at radius 2 is 1.48 bits per heavy atom. The van der Waals surface area contributed by atoms with E-state index in [1.165, 1.54) is 51.4 Å². The topological polar surface area (TPSA) is 64.6 Å². The minimum absolute atomic E-state index is 0.0403. The molecule has 0 aromatic rings. The van der Waals surface area contributed by atoms with Crippen molar-refractivity contribution in [2.45, 2.75) is 184 Å². The molecule has 4 heterocycles. The van der Waals surface area contributed by atoms with Crippen LogP contribution < -0.4 is 0 Å². The van der Waals surface area contributed by atoms with Crippen molar-refractivity contribution in [1.82, 2.24) is 0 Å². The number of unbranched alkanes of at least 4 members (excludes halogenated alkanes) is 1. The quantitative estimate of drug-likeness (QED) is 0.0899. The summed E-state index contributed by atoms with van der Waals surface area (Å²) in [5.41, 5.74) is 0. The number of hydrogen-bond donors (Lipinski definition) is 0. The van der Waals surface area contributed by atoms with Crippen LogP contribution in [-0.4, -0.2) is 68.1 Å². The molecule has 6 aliphatic rings. The third-order valence-electron chi connectivity index (χ3n) is 11.6. The highest BCUT2D eigenvalue weighted by molar-refractivity contribution is 9.09. The summed E-state index contributed by atoms with van der Waals surface area (Å²) < 4.78 is 44.2. The molecule has 0 radical (unpaired) electrons. The van der Waals surface area contributed by atoms with Gasteiger partial charge in [0, 0.05) is 32.2 Å². The molecule has 0 aromatic heterocycles. The maximum Gasteiger partial charge on any atom is 0.159 e. The van der Waals surface area contributed by atoms with Crippen LogP contribution in [0.2, 0.25) is 0 Å². The van der Waals surface area contributed by atoms with Gasteiger partial charge in [-0.05, 0) is 114 Å². The number of ether oxygens (including phenoxy) is 7. The minimum atomic E-state index is -0.0741. The molecule has 6 fully saturated rings. The van der Waals surface area contributed by atoms with Crippen molar-refractivity contribution < 1.29 is 33.2 Å². The summed E-state index contributed by atoms with van der Waals surface area (Å²) in [6.45, 7) is 4.78. The van der Waals surface area contributed by atoms with Gasteiger partial charge >= 0.3 is 0 Å². The highest BCUT2D eigenvalue weighted by atomic mass is 79.9. The second-order valence-corrected chi connectivity index (χ2v) is 16.1. The molecule has 4 saturated heterocycles. The van der Waals surface area contributed by atoms with Gasteiger partial charge in [0.15, 0.2) is 18.9 Å². The Bertz CT molecular complexity index is 886. The zero-order valence-electron chi connectivity index (χ0n) is 28.6. The number of alkyl halides is 1. The zero-order chi connectivity index (χ0) is 31.6. The van der Waals surface area contributed by atoms with E-state index in [4.69, 9.17) is 33.2 Å². The molecule has 7 nitrogen and oxygen atoms in total. The van der Waals surface area contributed by atoms with Crippen LogP contribution in [0.4, 0.5) is 0 Å². The number of fused-ring (bicyclic) bond motifs is 1. The Morgan fingerprint density at radius 1 is 0.761 bits per heavy atom. The first-order valence-corrected chi connectivity index (χ1v) is 20.3. The van der Waals surface area contributed by atoms with Crippen molar-refractivity contribution in [3.63, 3.8) is 0 Å². The van der Waals surface area contributed by atoms with E-state index in [0.717, 1.165) is 103 Å². The maximum atomic E-state index is 6.78. The van der Waals surface area contributed by atoms with E-state index < -0.39 is 0 Å². The molecule has 6 unspecified atom stereocenters. The maximum absolute atomic E-state index is 6.78. The summed E-state index contributed by atoms with van der Waals surface area (Å²) in [6.07, 6.45) is 28.7. The lowest BCUT2D eigenvalue weighted by molar-refractivity contribution is -0.194. The monoisotopic (exact) mass is 710 g/mol. The first kappa shape index (κ1) is 35.8. The Kier molecular flexibility index (Phi) is 14.6. The predicted octanol–water partition coefficient (Wildman–Crippen LogP) is 9.20. The number of halogens is 1.